The van der Waals surface area contributed by atoms with Crippen LogP contribution in [0.25, 0.3) is 6.08 Å². The normalized spacial score (nSPS) is 17.7. The summed E-state index contributed by atoms with van der Waals surface area (Å²) in [5.41, 5.74) is 0.699. The Morgan fingerprint density at radius 3 is 2.91 bits per heavy atom. The molecule has 0 aromatic heterocycles. The molecule has 1 aliphatic rings. The van der Waals surface area contributed by atoms with E-state index in [4.69, 9.17) is 27.2 Å². The Morgan fingerprint density at radius 2 is 2.26 bits per heavy atom. The fourth-order valence-corrected chi connectivity index (χ4v) is 3.18. The Labute approximate surface area is 142 Å². The van der Waals surface area contributed by atoms with E-state index in [0.717, 1.165) is 11.8 Å². The van der Waals surface area contributed by atoms with Gasteiger partial charge in [0.15, 0.2) is 6.10 Å². The highest BCUT2D eigenvalue weighted by Gasteiger charge is 2.31. The lowest BCUT2D eigenvalue weighted by Gasteiger charge is -2.11. The van der Waals surface area contributed by atoms with E-state index < -0.39 is 12.1 Å². The Kier molecular flexibility index (Phi) is 5.75. The van der Waals surface area contributed by atoms with Gasteiger partial charge in [-0.15, -0.1) is 0 Å². The number of carboxylic acids is 1. The van der Waals surface area contributed by atoms with Crippen LogP contribution in [0, 0.1) is 0 Å². The molecular weight excluding hydrogens is 338 g/mol. The summed E-state index contributed by atoms with van der Waals surface area (Å²) in [5, 5.41) is 17.8. The first kappa shape index (κ1) is 17.5. The van der Waals surface area contributed by atoms with Gasteiger partial charge in [0.2, 0.25) is 0 Å². The molecule has 1 aromatic rings. The summed E-state index contributed by atoms with van der Waals surface area (Å²) < 4.78 is 5.70. The number of aliphatic hydroxyl groups is 1. The molecule has 1 unspecified atom stereocenters. The third-order valence-corrected chi connectivity index (χ3v) is 4.39. The largest absolute Gasteiger partial charge is 0.479 e. The van der Waals surface area contributed by atoms with E-state index in [1.807, 2.05) is 0 Å². The number of aliphatic carboxylic acids is 1. The highest BCUT2D eigenvalue weighted by Crippen LogP contribution is 2.32. The summed E-state index contributed by atoms with van der Waals surface area (Å²) in [5.74, 6) is -0.904. The van der Waals surface area contributed by atoms with Gasteiger partial charge in [-0.25, -0.2) is 4.79 Å². The molecule has 1 saturated heterocycles. The Morgan fingerprint density at radius 1 is 1.52 bits per heavy atom. The van der Waals surface area contributed by atoms with Gasteiger partial charge in [-0.05, 0) is 30.7 Å². The molecule has 0 aliphatic carbocycles. The number of benzene rings is 1. The third kappa shape index (κ3) is 4.31. The van der Waals surface area contributed by atoms with E-state index in [1.165, 1.54) is 11.8 Å². The number of thiocarbonyl (C=S) groups is 1. The molecule has 1 amide bonds. The van der Waals surface area contributed by atoms with Crippen LogP contribution in [0.15, 0.2) is 29.2 Å². The molecule has 2 rings (SSSR count). The van der Waals surface area contributed by atoms with Gasteiger partial charge in [0.1, 0.15) is 10.1 Å². The van der Waals surface area contributed by atoms with Crippen LogP contribution in [0.4, 0.5) is 0 Å². The predicted molar refractivity (Wildman–Crippen MR) is 91.1 cm³/mol. The average molecular weight is 353 g/mol. The Balaban J connectivity index is 2.18. The molecule has 0 radical (unpaired) electrons. The molecular formula is C15H15NO5S2. The number of aliphatic hydroxyl groups excluding tert-OH is 1. The van der Waals surface area contributed by atoms with Crippen molar-refractivity contribution >= 4 is 46.3 Å². The van der Waals surface area contributed by atoms with Crippen molar-refractivity contribution in [2.45, 2.75) is 13.0 Å². The molecule has 8 heteroatoms. The lowest BCUT2D eigenvalue weighted by atomic mass is 10.2. The lowest BCUT2D eigenvalue weighted by molar-refractivity contribution is -0.144. The van der Waals surface area contributed by atoms with Crippen LogP contribution in [0.1, 0.15) is 12.5 Å². The van der Waals surface area contributed by atoms with Crippen LogP contribution in [-0.2, 0) is 9.59 Å². The van der Waals surface area contributed by atoms with Gasteiger partial charge in [-0.3, -0.25) is 9.69 Å². The fraction of sp³-hybridized carbons (Fsp3) is 0.267. The minimum atomic E-state index is -1.06. The number of β-amino-alcohol motifs (C(OH)–C–C–N with tert-alkyl or cyclic N) is 1. The minimum Gasteiger partial charge on any atom is -0.479 e. The number of hydrogen-bond donors (Lipinski definition) is 2. The van der Waals surface area contributed by atoms with Crippen molar-refractivity contribution < 1.29 is 24.5 Å². The number of amides is 1. The SMILES string of the molecule is CC(Oc1cccc(/C=C2\SC(=S)N(CCO)C2=O)c1)C(=O)O. The van der Waals surface area contributed by atoms with E-state index in [-0.39, 0.29) is 19.1 Å². The number of carboxylic acid groups (broad SMARTS) is 1. The number of nitrogens with zero attached hydrogens (tertiary/aromatic N) is 1. The zero-order chi connectivity index (χ0) is 17.0. The second kappa shape index (κ2) is 7.58. The van der Waals surface area contributed by atoms with E-state index in [9.17, 15) is 9.59 Å². The van der Waals surface area contributed by atoms with Gasteiger partial charge in [0, 0.05) is 0 Å². The Hall–Kier alpha value is -1.90. The van der Waals surface area contributed by atoms with E-state index in [2.05, 4.69) is 0 Å². The maximum absolute atomic E-state index is 12.2. The van der Waals surface area contributed by atoms with Crippen LogP contribution < -0.4 is 4.74 Å². The van der Waals surface area contributed by atoms with Crippen LogP contribution >= 0.6 is 24.0 Å². The second-order valence-electron chi connectivity index (χ2n) is 4.73. The van der Waals surface area contributed by atoms with Crippen molar-refractivity contribution in [1.82, 2.24) is 4.90 Å². The highest BCUT2D eigenvalue weighted by atomic mass is 32.2. The third-order valence-electron chi connectivity index (χ3n) is 3.01. The average Bonchev–Trinajstić information content (AvgIpc) is 2.75. The molecule has 0 saturated carbocycles. The number of carbonyl (C=O) groups is 2. The van der Waals surface area contributed by atoms with Crippen LogP contribution in [0.3, 0.4) is 0 Å². The summed E-state index contributed by atoms with van der Waals surface area (Å²) in [7, 11) is 0. The van der Waals surface area contributed by atoms with Gasteiger partial charge in [-0.1, -0.05) is 36.1 Å². The van der Waals surface area contributed by atoms with Gasteiger partial charge in [0.25, 0.3) is 5.91 Å². The summed E-state index contributed by atoms with van der Waals surface area (Å²) in [6, 6.07) is 6.78. The quantitative estimate of drug-likeness (QED) is 0.595. The van der Waals surface area contributed by atoms with Crippen molar-refractivity contribution in [3.8, 4) is 5.75 Å². The standard InChI is InChI=1S/C15H15NO5S2/c1-9(14(19)20)21-11-4-2-3-10(7-11)8-12-13(18)16(5-6-17)15(22)23-12/h2-4,7-9,17H,5-6H2,1H3,(H,19,20)/b12-8-. The maximum atomic E-state index is 12.2. The zero-order valence-corrected chi connectivity index (χ0v) is 13.9. The van der Waals surface area contributed by atoms with Gasteiger partial charge in [0.05, 0.1) is 18.1 Å². The van der Waals surface area contributed by atoms with Crippen LogP contribution in [-0.4, -0.2) is 50.6 Å². The number of carbonyl (C=O) groups excluding carboxylic acids is 1. The first-order valence-electron chi connectivity index (χ1n) is 6.78. The van der Waals surface area contributed by atoms with E-state index in [0.29, 0.717) is 20.5 Å². The van der Waals surface area contributed by atoms with Crippen LogP contribution in [0.2, 0.25) is 0 Å². The summed E-state index contributed by atoms with van der Waals surface area (Å²) in [4.78, 5) is 24.8. The van der Waals surface area contributed by atoms with E-state index >= 15 is 0 Å². The van der Waals surface area contributed by atoms with Crippen molar-refractivity contribution in [2.24, 2.45) is 0 Å². The summed E-state index contributed by atoms with van der Waals surface area (Å²) >= 11 is 6.28. The van der Waals surface area contributed by atoms with Crippen molar-refractivity contribution in [3.05, 3.63) is 34.7 Å². The summed E-state index contributed by atoms with van der Waals surface area (Å²) in [6.45, 7) is 1.45. The van der Waals surface area contributed by atoms with Gasteiger partial charge in [-0.2, -0.15) is 0 Å². The molecule has 1 aromatic carbocycles. The Bertz CT molecular complexity index is 674. The monoisotopic (exact) mass is 353 g/mol. The smallest absolute Gasteiger partial charge is 0.344 e. The first-order chi connectivity index (χ1) is 10.9. The first-order valence-corrected chi connectivity index (χ1v) is 8.00. The topological polar surface area (TPSA) is 87.1 Å². The summed E-state index contributed by atoms with van der Waals surface area (Å²) in [6.07, 6.45) is 0.697. The van der Waals surface area contributed by atoms with Crippen molar-refractivity contribution in [2.75, 3.05) is 13.2 Å². The fourth-order valence-electron chi connectivity index (χ4n) is 1.88. The lowest BCUT2D eigenvalue weighted by Crippen LogP contribution is -2.30. The van der Waals surface area contributed by atoms with Crippen molar-refractivity contribution in [1.29, 1.82) is 0 Å². The zero-order valence-electron chi connectivity index (χ0n) is 12.3. The number of thioether (sulfide) groups is 1. The van der Waals surface area contributed by atoms with Crippen LogP contribution in [0.5, 0.6) is 5.75 Å². The van der Waals surface area contributed by atoms with E-state index in [1.54, 1.807) is 30.3 Å². The molecule has 0 bridgehead atoms. The predicted octanol–water partition coefficient (Wildman–Crippen LogP) is 1.73. The second-order valence-corrected chi connectivity index (χ2v) is 6.40. The molecule has 1 fully saturated rings. The van der Waals surface area contributed by atoms with Gasteiger partial charge >= 0.3 is 5.97 Å². The molecule has 1 atom stereocenters. The number of ether oxygens (including phenoxy) is 1. The highest BCUT2D eigenvalue weighted by molar-refractivity contribution is 8.26. The maximum Gasteiger partial charge on any atom is 0.344 e. The minimum absolute atomic E-state index is 0.157. The number of hydrogen-bond acceptors (Lipinski definition) is 6. The molecule has 0 spiro atoms. The molecule has 1 aliphatic heterocycles. The molecule has 6 nitrogen and oxygen atoms in total. The number of rotatable bonds is 6. The molecule has 2 N–H and O–H groups in total. The van der Waals surface area contributed by atoms with Crippen molar-refractivity contribution in [3.63, 3.8) is 0 Å². The molecule has 23 heavy (non-hydrogen) atoms. The molecule has 122 valence electrons. The van der Waals surface area contributed by atoms with Gasteiger partial charge < -0.3 is 14.9 Å². The molecule has 1 heterocycles.